The number of rotatable bonds is 9. The maximum atomic E-state index is 12.3. The minimum absolute atomic E-state index is 0.302. The molecule has 0 aromatic heterocycles. The third-order valence-corrected chi connectivity index (χ3v) is 4.29. The lowest BCUT2D eigenvalue weighted by Crippen LogP contribution is -2.17. The fourth-order valence-corrected chi connectivity index (χ4v) is 2.79. The molecular weight excluding hydrogens is 408 g/mol. The van der Waals surface area contributed by atoms with Gasteiger partial charge in [0.15, 0.2) is 11.5 Å². The summed E-state index contributed by atoms with van der Waals surface area (Å²) < 4.78 is 16.4. The molecule has 1 amide bonds. The molecule has 0 radical (unpaired) electrons. The van der Waals surface area contributed by atoms with Crippen LogP contribution in [-0.2, 0) is 0 Å². The molecule has 0 saturated carbocycles. The van der Waals surface area contributed by atoms with E-state index in [9.17, 15) is 9.59 Å². The van der Waals surface area contributed by atoms with E-state index in [2.05, 4.69) is 10.5 Å². The first-order valence-electron chi connectivity index (χ1n) is 10.2. The van der Waals surface area contributed by atoms with E-state index in [0.717, 1.165) is 0 Å². The van der Waals surface area contributed by atoms with Crippen molar-refractivity contribution in [1.29, 1.82) is 0 Å². The molecular formula is C25H24N2O5. The quantitative estimate of drug-likeness (QED) is 0.233. The molecule has 1 N–H and O–H groups in total. The Morgan fingerprint density at radius 2 is 1.56 bits per heavy atom. The van der Waals surface area contributed by atoms with E-state index in [1.165, 1.54) is 6.21 Å². The van der Waals surface area contributed by atoms with Gasteiger partial charge < -0.3 is 14.2 Å². The van der Waals surface area contributed by atoms with Crippen molar-refractivity contribution in [3.8, 4) is 17.2 Å². The van der Waals surface area contributed by atoms with Crippen LogP contribution in [0.5, 0.6) is 17.2 Å². The second kappa shape index (κ2) is 11.3. The SMILES string of the molecule is CCOc1ccc(C(=O)NN=Cc2ccc(OC(=O)c3ccccc3)c(OCC)c2)cc1. The third-order valence-electron chi connectivity index (χ3n) is 4.29. The van der Waals surface area contributed by atoms with E-state index in [1.54, 1.807) is 66.7 Å². The second-order valence-corrected chi connectivity index (χ2v) is 6.55. The average Bonchev–Trinajstić information content (AvgIpc) is 2.82. The Bertz CT molecular complexity index is 1080. The standard InChI is InChI=1S/C25H24N2O5/c1-3-30-21-13-11-19(12-14-21)24(28)27-26-17-18-10-15-22(23(16-18)31-4-2)32-25(29)20-8-6-5-7-9-20/h5-17H,3-4H2,1-2H3,(H,27,28). The van der Waals surface area contributed by atoms with Gasteiger partial charge in [-0.1, -0.05) is 18.2 Å². The summed E-state index contributed by atoms with van der Waals surface area (Å²) in [6.07, 6.45) is 1.48. The largest absolute Gasteiger partial charge is 0.494 e. The van der Waals surface area contributed by atoms with Gasteiger partial charge in [-0.15, -0.1) is 0 Å². The van der Waals surface area contributed by atoms with E-state index in [4.69, 9.17) is 14.2 Å². The van der Waals surface area contributed by atoms with Crippen LogP contribution in [0.15, 0.2) is 77.9 Å². The number of hydrogen-bond donors (Lipinski definition) is 1. The van der Waals surface area contributed by atoms with Gasteiger partial charge in [0.2, 0.25) is 0 Å². The lowest BCUT2D eigenvalue weighted by Gasteiger charge is -2.11. The van der Waals surface area contributed by atoms with Crippen LogP contribution in [-0.4, -0.2) is 31.3 Å². The molecule has 3 rings (SSSR count). The molecule has 164 valence electrons. The molecule has 0 spiro atoms. The third kappa shape index (κ3) is 6.18. The van der Waals surface area contributed by atoms with Gasteiger partial charge in [0.05, 0.1) is 25.0 Å². The van der Waals surface area contributed by atoms with Crippen LogP contribution in [0.3, 0.4) is 0 Å². The number of nitrogens with one attached hydrogen (secondary N) is 1. The summed E-state index contributed by atoms with van der Waals surface area (Å²) in [5.41, 5.74) is 4.05. The molecule has 7 nitrogen and oxygen atoms in total. The molecule has 3 aromatic carbocycles. The van der Waals surface area contributed by atoms with Crippen molar-refractivity contribution in [2.45, 2.75) is 13.8 Å². The molecule has 0 aliphatic rings. The number of ether oxygens (including phenoxy) is 3. The number of nitrogens with zero attached hydrogens (tertiary/aromatic N) is 1. The van der Waals surface area contributed by atoms with Crippen LogP contribution in [0, 0.1) is 0 Å². The zero-order valence-corrected chi connectivity index (χ0v) is 17.9. The first kappa shape index (κ1) is 22.6. The van der Waals surface area contributed by atoms with E-state index in [0.29, 0.717) is 47.2 Å². The van der Waals surface area contributed by atoms with E-state index in [1.807, 2.05) is 19.9 Å². The normalized spacial score (nSPS) is 10.6. The van der Waals surface area contributed by atoms with Crippen molar-refractivity contribution in [2.75, 3.05) is 13.2 Å². The van der Waals surface area contributed by atoms with Gasteiger partial charge in [-0.25, -0.2) is 10.2 Å². The maximum Gasteiger partial charge on any atom is 0.343 e. The Hall–Kier alpha value is -4.13. The van der Waals surface area contributed by atoms with Gasteiger partial charge in [0.1, 0.15) is 5.75 Å². The molecule has 0 bridgehead atoms. The summed E-state index contributed by atoms with van der Waals surface area (Å²) in [4.78, 5) is 24.6. The first-order valence-corrected chi connectivity index (χ1v) is 10.2. The first-order chi connectivity index (χ1) is 15.6. The van der Waals surface area contributed by atoms with Gasteiger partial charge in [-0.3, -0.25) is 4.79 Å². The van der Waals surface area contributed by atoms with Gasteiger partial charge in [0.25, 0.3) is 5.91 Å². The summed E-state index contributed by atoms with van der Waals surface area (Å²) in [7, 11) is 0. The number of carbonyl (C=O) groups is 2. The van der Waals surface area contributed by atoms with Crippen LogP contribution in [0.25, 0.3) is 0 Å². The van der Waals surface area contributed by atoms with Crippen molar-refractivity contribution in [3.05, 3.63) is 89.5 Å². The Morgan fingerprint density at radius 1 is 0.844 bits per heavy atom. The molecule has 0 saturated heterocycles. The van der Waals surface area contributed by atoms with Gasteiger partial charge >= 0.3 is 5.97 Å². The summed E-state index contributed by atoms with van der Waals surface area (Å²) in [5.74, 6) is 0.581. The summed E-state index contributed by atoms with van der Waals surface area (Å²) >= 11 is 0. The molecule has 7 heteroatoms. The zero-order chi connectivity index (χ0) is 22.8. The lowest BCUT2D eigenvalue weighted by atomic mass is 10.2. The van der Waals surface area contributed by atoms with Crippen LogP contribution >= 0.6 is 0 Å². The van der Waals surface area contributed by atoms with Crippen molar-refractivity contribution < 1.29 is 23.8 Å². The number of benzene rings is 3. The number of carbonyl (C=O) groups excluding carboxylic acids is 2. The minimum Gasteiger partial charge on any atom is -0.494 e. The van der Waals surface area contributed by atoms with Gasteiger partial charge in [-0.2, -0.15) is 5.10 Å². The monoisotopic (exact) mass is 432 g/mol. The molecule has 3 aromatic rings. The van der Waals surface area contributed by atoms with Crippen molar-refractivity contribution in [1.82, 2.24) is 5.43 Å². The molecule has 32 heavy (non-hydrogen) atoms. The Balaban J connectivity index is 1.66. The minimum atomic E-state index is -0.476. The molecule has 0 fully saturated rings. The van der Waals surface area contributed by atoms with E-state index >= 15 is 0 Å². The predicted molar refractivity (Wildman–Crippen MR) is 122 cm³/mol. The van der Waals surface area contributed by atoms with Crippen molar-refractivity contribution in [3.63, 3.8) is 0 Å². The highest BCUT2D eigenvalue weighted by Crippen LogP contribution is 2.29. The smallest absolute Gasteiger partial charge is 0.343 e. The molecule has 0 aliphatic carbocycles. The van der Waals surface area contributed by atoms with Crippen molar-refractivity contribution >= 4 is 18.1 Å². The van der Waals surface area contributed by atoms with Gasteiger partial charge in [0, 0.05) is 5.56 Å². The number of amides is 1. The topological polar surface area (TPSA) is 86.2 Å². The van der Waals surface area contributed by atoms with Crippen LogP contribution in [0.4, 0.5) is 0 Å². The second-order valence-electron chi connectivity index (χ2n) is 6.55. The molecule has 0 unspecified atom stereocenters. The predicted octanol–water partition coefficient (Wildman–Crippen LogP) is 4.47. The Morgan fingerprint density at radius 3 is 2.25 bits per heavy atom. The summed E-state index contributed by atoms with van der Waals surface area (Å²) in [5, 5.41) is 4.00. The highest BCUT2D eigenvalue weighted by atomic mass is 16.6. The van der Waals surface area contributed by atoms with Crippen LogP contribution < -0.4 is 19.6 Å². The van der Waals surface area contributed by atoms with Crippen molar-refractivity contribution in [2.24, 2.45) is 5.10 Å². The summed E-state index contributed by atoms with van der Waals surface area (Å²) in [6.45, 7) is 4.68. The molecule has 0 heterocycles. The van der Waals surface area contributed by atoms with Gasteiger partial charge in [-0.05, 0) is 74.0 Å². The number of hydrazone groups is 1. The average molecular weight is 432 g/mol. The van der Waals surface area contributed by atoms with Crippen LogP contribution in [0.1, 0.15) is 40.1 Å². The van der Waals surface area contributed by atoms with E-state index in [-0.39, 0.29) is 5.91 Å². The fraction of sp³-hybridized carbons (Fsp3) is 0.160. The lowest BCUT2D eigenvalue weighted by molar-refractivity contribution is 0.0728. The Kier molecular flexibility index (Phi) is 7.97. The zero-order valence-electron chi connectivity index (χ0n) is 17.9. The number of esters is 1. The molecule has 0 aliphatic heterocycles. The van der Waals surface area contributed by atoms with E-state index < -0.39 is 5.97 Å². The highest BCUT2D eigenvalue weighted by Gasteiger charge is 2.13. The highest BCUT2D eigenvalue weighted by molar-refractivity contribution is 5.95. The summed E-state index contributed by atoms with van der Waals surface area (Å²) in [6, 6.07) is 20.5. The number of hydrogen-bond acceptors (Lipinski definition) is 6. The fourth-order valence-electron chi connectivity index (χ4n) is 2.79. The van der Waals surface area contributed by atoms with Crippen LogP contribution in [0.2, 0.25) is 0 Å². The Labute approximate surface area is 186 Å². The maximum absolute atomic E-state index is 12.3. The molecule has 0 atom stereocenters.